The maximum atomic E-state index is 11.5. The van der Waals surface area contributed by atoms with E-state index in [0.717, 1.165) is 0 Å². The van der Waals surface area contributed by atoms with Crippen molar-refractivity contribution in [3.05, 3.63) is 28.2 Å². The van der Waals surface area contributed by atoms with Crippen LogP contribution in [0.1, 0.15) is 6.42 Å². The molecule has 3 N–H and O–H groups in total. The molecule has 1 aromatic rings. The molecule has 0 aromatic heterocycles. The van der Waals surface area contributed by atoms with Gasteiger partial charge >= 0.3 is 6.03 Å². The molecule has 5 nitrogen and oxygen atoms in total. The first-order chi connectivity index (χ1) is 8.63. The summed E-state index contributed by atoms with van der Waals surface area (Å²) in [4.78, 5) is 21.5. The van der Waals surface area contributed by atoms with E-state index in [9.17, 15) is 9.59 Å². The third-order valence-corrected chi connectivity index (χ3v) is 2.61. The van der Waals surface area contributed by atoms with Gasteiger partial charge in [-0.1, -0.05) is 23.2 Å². The second-order valence-corrected chi connectivity index (χ2v) is 4.27. The minimum atomic E-state index is -0.370. The highest BCUT2D eigenvalue weighted by Crippen LogP contribution is 2.25. The number of benzene rings is 1. The standard InChI is InChI=1S/C11H13Cl2N3O2/c12-8-2-3-9(13)10(6-8)16-11(18)15-5-1-4-14-7-17/h2-3,6-7H,1,4-5H2,(H,14,17)(H2,15,16,18). The highest BCUT2D eigenvalue weighted by atomic mass is 35.5. The van der Waals surface area contributed by atoms with E-state index in [1.807, 2.05) is 0 Å². The number of carbonyl (C=O) groups is 2. The summed E-state index contributed by atoms with van der Waals surface area (Å²) in [6.45, 7) is 0.965. The van der Waals surface area contributed by atoms with Gasteiger partial charge in [-0.15, -0.1) is 0 Å². The van der Waals surface area contributed by atoms with Crippen LogP contribution in [0, 0.1) is 0 Å². The number of hydrogen-bond acceptors (Lipinski definition) is 2. The lowest BCUT2D eigenvalue weighted by Crippen LogP contribution is -2.31. The molecule has 0 spiro atoms. The highest BCUT2D eigenvalue weighted by molar-refractivity contribution is 6.35. The molecular weight excluding hydrogens is 277 g/mol. The van der Waals surface area contributed by atoms with Crippen molar-refractivity contribution in [2.75, 3.05) is 18.4 Å². The number of urea groups is 1. The van der Waals surface area contributed by atoms with E-state index in [1.54, 1.807) is 18.2 Å². The maximum Gasteiger partial charge on any atom is 0.319 e. The molecule has 1 aromatic carbocycles. The fourth-order valence-corrected chi connectivity index (χ4v) is 1.55. The summed E-state index contributed by atoms with van der Waals surface area (Å²) in [5, 5.41) is 8.62. The molecule has 0 aliphatic heterocycles. The van der Waals surface area contributed by atoms with Crippen molar-refractivity contribution in [3.63, 3.8) is 0 Å². The molecule has 0 saturated heterocycles. The molecule has 1 rings (SSSR count). The molecule has 0 bridgehead atoms. The number of carbonyl (C=O) groups excluding carboxylic acids is 2. The van der Waals surface area contributed by atoms with E-state index in [4.69, 9.17) is 23.2 Å². The SMILES string of the molecule is O=CNCCCNC(=O)Nc1cc(Cl)ccc1Cl. The fraction of sp³-hybridized carbons (Fsp3) is 0.273. The van der Waals surface area contributed by atoms with Crippen LogP contribution in [0.4, 0.5) is 10.5 Å². The van der Waals surface area contributed by atoms with Crippen LogP contribution in [-0.2, 0) is 4.79 Å². The van der Waals surface area contributed by atoms with E-state index in [-0.39, 0.29) is 6.03 Å². The average Bonchev–Trinajstić information content (AvgIpc) is 2.33. The first-order valence-corrected chi connectivity index (χ1v) is 6.06. The molecule has 0 fully saturated rings. The van der Waals surface area contributed by atoms with Crippen LogP contribution in [0.25, 0.3) is 0 Å². The van der Waals surface area contributed by atoms with E-state index < -0.39 is 0 Å². The van der Waals surface area contributed by atoms with Gasteiger partial charge in [-0.05, 0) is 24.6 Å². The van der Waals surface area contributed by atoms with Gasteiger partial charge in [0.15, 0.2) is 0 Å². The normalized spacial score (nSPS) is 9.67. The second-order valence-electron chi connectivity index (χ2n) is 3.43. The van der Waals surface area contributed by atoms with Crippen molar-refractivity contribution in [2.24, 2.45) is 0 Å². The van der Waals surface area contributed by atoms with Crippen molar-refractivity contribution in [1.82, 2.24) is 10.6 Å². The van der Waals surface area contributed by atoms with Crippen molar-refractivity contribution < 1.29 is 9.59 Å². The third kappa shape index (κ3) is 5.25. The molecule has 98 valence electrons. The van der Waals surface area contributed by atoms with Crippen LogP contribution in [0.5, 0.6) is 0 Å². The Morgan fingerprint density at radius 1 is 1.28 bits per heavy atom. The number of anilines is 1. The Hall–Kier alpha value is -1.46. The zero-order valence-electron chi connectivity index (χ0n) is 9.50. The van der Waals surface area contributed by atoms with Gasteiger partial charge in [0.1, 0.15) is 0 Å². The van der Waals surface area contributed by atoms with Gasteiger partial charge in [0.25, 0.3) is 0 Å². The molecule has 0 aliphatic carbocycles. The first kappa shape index (κ1) is 14.6. The fourth-order valence-electron chi connectivity index (χ4n) is 1.21. The Bertz CT molecular complexity index is 427. The Balaban J connectivity index is 2.35. The number of amides is 3. The lowest BCUT2D eigenvalue weighted by molar-refractivity contribution is -0.109. The summed E-state index contributed by atoms with van der Waals surface area (Å²) in [6, 6.07) is 4.44. The second kappa shape index (κ2) is 7.79. The zero-order chi connectivity index (χ0) is 13.4. The van der Waals surface area contributed by atoms with Gasteiger partial charge in [0.2, 0.25) is 6.41 Å². The van der Waals surface area contributed by atoms with Crippen LogP contribution in [0.3, 0.4) is 0 Å². The minimum Gasteiger partial charge on any atom is -0.359 e. The third-order valence-electron chi connectivity index (χ3n) is 2.04. The molecule has 0 aliphatic rings. The van der Waals surface area contributed by atoms with Crippen LogP contribution in [0.15, 0.2) is 18.2 Å². The Morgan fingerprint density at radius 3 is 2.78 bits per heavy atom. The molecule has 0 radical (unpaired) electrons. The molecule has 7 heteroatoms. The quantitative estimate of drug-likeness (QED) is 0.555. The van der Waals surface area contributed by atoms with E-state index in [2.05, 4.69) is 16.0 Å². The largest absolute Gasteiger partial charge is 0.359 e. The Morgan fingerprint density at radius 2 is 2.06 bits per heavy atom. The summed E-state index contributed by atoms with van der Waals surface area (Å²) < 4.78 is 0. The summed E-state index contributed by atoms with van der Waals surface area (Å²) in [7, 11) is 0. The molecule has 18 heavy (non-hydrogen) atoms. The van der Waals surface area contributed by atoms with Gasteiger partial charge < -0.3 is 16.0 Å². The zero-order valence-corrected chi connectivity index (χ0v) is 11.0. The first-order valence-electron chi connectivity index (χ1n) is 5.30. The predicted octanol–water partition coefficient (Wildman–Crippen LogP) is 2.25. The molecule has 3 amide bonds. The lowest BCUT2D eigenvalue weighted by atomic mass is 10.3. The minimum absolute atomic E-state index is 0.370. The van der Waals surface area contributed by atoms with Crippen LogP contribution < -0.4 is 16.0 Å². The number of rotatable bonds is 6. The topological polar surface area (TPSA) is 70.2 Å². The van der Waals surface area contributed by atoms with Gasteiger partial charge in [-0.2, -0.15) is 0 Å². The van der Waals surface area contributed by atoms with Crippen molar-refractivity contribution in [2.45, 2.75) is 6.42 Å². The summed E-state index contributed by atoms with van der Waals surface area (Å²) >= 11 is 11.7. The lowest BCUT2D eigenvalue weighted by Gasteiger charge is -2.09. The monoisotopic (exact) mass is 289 g/mol. The van der Waals surface area contributed by atoms with Gasteiger partial charge in [0, 0.05) is 18.1 Å². The van der Waals surface area contributed by atoms with E-state index in [1.165, 1.54) is 0 Å². The molecular formula is C11H13Cl2N3O2. The number of nitrogens with one attached hydrogen (secondary N) is 3. The highest BCUT2D eigenvalue weighted by Gasteiger charge is 2.05. The van der Waals surface area contributed by atoms with Gasteiger partial charge in [0.05, 0.1) is 10.7 Å². The summed E-state index contributed by atoms with van der Waals surface area (Å²) in [5.41, 5.74) is 0.452. The maximum absolute atomic E-state index is 11.5. The van der Waals surface area contributed by atoms with Crippen LogP contribution >= 0.6 is 23.2 Å². The number of halogens is 2. The smallest absolute Gasteiger partial charge is 0.319 e. The number of hydrogen-bond donors (Lipinski definition) is 3. The average molecular weight is 290 g/mol. The van der Waals surface area contributed by atoms with Crippen molar-refractivity contribution in [3.8, 4) is 0 Å². The van der Waals surface area contributed by atoms with Crippen molar-refractivity contribution in [1.29, 1.82) is 0 Å². The molecule has 0 saturated carbocycles. The Labute approximate surface area is 115 Å². The van der Waals surface area contributed by atoms with Crippen molar-refractivity contribution >= 4 is 41.3 Å². The van der Waals surface area contributed by atoms with Gasteiger partial charge in [-0.25, -0.2) is 4.79 Å². The molecule has 0 atom stereocenters. The van der Waals surface area contributed by atoms with Crippen LogP contribution in [-0.4, -0.2) is 25.5 Å². The predicted molar refractivity (Wildman–Crippen MR) is 72.2 cm³/mol. The van der Waals surface area contributed by atoms with Gasteiger partial charge in [-0.3, -0.25) is 4.79 Å². The molecule has 0 heterocycles. The summed E-state index contributed by atoms with van der Waals surface area (Å²) in [5.74, 6) is 0. The van der Waals surface area contributed by atoms with Crippen LogP contribution in [0.2, 0.25) is 10.0 Å². The van der Waals surface area contributed by atoms with E-state index in [0.29, 0.717) is 41.7 Å². The summed E-state index contributed by atoms with van der Waals surface area (Å²) in [6.07, 6.45) is 1.27. The molecule has 0 unspecified atom stereocenters. The Kier molecular flexibility index (Phi) is 6.32. The van der Waals surface area contributed by atoms with E-state index >= 15 is 0 Å².